The molecule has 1 aliphatic rings. The molecular weight excluding hydrogens is 232 g/mol. The summed E-state index contributed by atoms with van der Waals surface area (Å²) >= 11 is 0. The van der Waals surface area contributed by atoms with E-state index in [2.05, 4.69) is 0 Å². The van der Waals surface area contributed by atoms with Gasteiger partial charge in [-0.1, -0.05) is 12.1 Å². The van der Waals surface area contributed by atoms with Gasteiger partial charge in [0.05, 0.1) is 12.6 Å². The van der Waals surface area contributed by atoms with Gasteiger partial charge < -0.3 is 9.64 Å². The number of nitriles is 1. The topological polar surface area (TPSA) is 70.4 Å². The number of hydrogen-bond acceptors (Lipinski definition) is 4. The fourth-order valence-corrected chi connectivity index (χ4v) is 1.79. The number of carbonyl (C=O) groups is 2. The molecule has 0 saturated carbocycles. The lowest BCUT2D eigenvalue weighted by Crippen LogP contribution is -2.46. The monoisotopic (exact) mass is 244 g/mol. The summed E-state index contributed by atoms with van der Waals surface area (Å²) in [6, 6.07) is 8.78. The number of ether oxygens (including phenoxy) is 1. The molecule has 0 radical (unpaired) electrons. The van der Waals surface area contributed by atoms with Crippen LogP contribution in [-0.4, -0.2) is 30.9 Å². The molecule has 0 spiro atoms. The van der Waals surface area contributed by atoms with Crippen molar-refractivity contribution in [1.82, 2.24) is 0 Å². The highest BCUT2D eigenvalue weighted by Gasteiger charge is 2.27. The Balaban J connectivity index is 2.29. The van der Waals surface area contributed by atoms with Crippen molar-refractivity contribution in [3.63, 3.8) is 0 Å². The number of nitrogens with zero attached hydrogens (tertiary/aromatic N) is 2. The molecule has 1 amide bonds. The third-order valence-electron chi connectivity index (χ3n) is 2.77. The van der Waals surface area contributed by atoms with Crippen LogP contribution in [0.3, 0.4) is 0 Å². The Kier molecular flexibility index (Phi) is 3.40. The Bertz CT molecular complexity index is 533. The number of ketones is 1. The molecule has 1 unspecified atom stereocenters. The fourth-order valence-electron chi connectivity index (χ4n) is 1.79. The minimum atomic E-state index is -0.622. The number of morpholine rings is 1. The van der Waals surface area contributed by atoms with E-state index in [1.807, 2.05) is 6.07 Å². The largest absolute Gasteiger partial charge is 0.352 e. The summed E-state index contributed by atoms with van der Waals surface area (Å²) in [5.41, 5.74) is 1.16. The van der Waals surface area contributed by atoms with Crippen molar-refractivity contribution in [3.8, 4) is 6.07 Å². The Morgan fingerprint density at radius 3 is 3.00 bits per heavy atom. The van der Waals surface area contributed by atoms with Crippen molar-refractivity contribution in [1.29, 1.82) is 5.26 Å². The first kappa shape index (κ1) is 12.3. The first-order chi connectivity index (χ1) is 8.61. The molecule has 1 saturated heterocycles. The normalized spacial score (nSPS) is 19.4. The van der Waals surface area contributed by atoms with Crippen molar-refractivity contribution in [2.45, 2.75) is 13.0 Å². The maximum atomic E-state index is 11.7. The molecule has 18 heavy (non-hydrogen) atoms. The molecule has 0 N–H and O–H groups in total. The summed E-state index contributed by atoms with van der Waals surface area (Å²) in [4.78, 5) is 24.5. The first-order valence-electron chi connectivity index (χ1n) is 5.54. The Morgan fingerprint density at radius 1 is 1.56 bits per heavy atom. The summed E-state index contributed by atoms with van der Waals surface area (Å²) < 4.78 is 5.05. The molecule has 1 atom stereocenters. The van der Waals surface area contributed by atoms with E-state index in [1.165, 1.54) is 11.8 Å². The third kappa shape index (κ3) is 2.39. The zero-order valence-corrected chi connectivity index (χ0v) is 9.92. The van der Waals surface area contributed by atoms with Crippen LogP contribution >= 0.6 is 0 Å². The first-order valence-corrected chi connectivity index (χ1v) is 5.54. The summed E-state index contributed by atoms with van der Waals surface area (Å²) in [5.74, 6) is -0.267. The SMILES string of the molecule is CC(=O)c1cccc(N2CC(C#N)OCC2=O)c1. The van der Waals surface area contributed by atoms with Gasteiger partial charge in [-0.05, 0) is 19.1 Å². The van der Waals surface area contributed by atoms with Gasteiger partial charge in [0.2, 0.25) is 0 Å². The van der Waals surface area contributed by atoms with Gasteiger partial charge >= 0.3 is 0 Å². The van der Waals surface area contributed by atoms with E-state index in [1.54, 1.807) is 24.3 Å². The van der Waals surface area contributed by atoms with Gasteiger partial charge in [-0.3, -0.25) is 9.59 Å². The maximum Gasteiger partial charge on any atom is 0.253 e. The van der Waals surface area contributed by atoms with E-state index < -0.39 is 6.10 Å². The van der Waals surface area contributed by atoms with Crippen molar-refractivity contribution < 1.29 is 14.3 Å². The second-order valence-electron chi connectivity index (χ2n) is 4.04. The molecule has 1 aromatic carbocycles. The smallest absolute Gasteiger partial charge is 0.253 e. The molecule has 0 aliphatic carbocycles. The Morgan fingerprint density at radius 2 is 2.33 bits per heavy atom. The average molecular weight is 244 g/mol. The number of Topliss-reactive ketones (excluding diaryl/α,β-unsaturated/α-hetero) is 1. The van der Waals surface area contributed by atoms with Crippen LogP contribution in [0.1, 0.15) is 17.3 Å². The lowest BCUT2D eigenvalue weighted by Gasteiger charge is -2.29. The second-order valence-corrected chi connectivity index (χ2v) is 4.04. The van der Waals surface area contributed by atoms with Crippen molar-refractivity contribution in [3.05, 3.63) is 29.8 Å². The highest BCUT2D eigenvalue weighted by Crippen LogP contribution is 2.20. The zero-order chi connectivity index (χ0) is 13.1. The van der Waals surface area contributed by atoms with Crippen molar-refractivity contribution >= 4 is 17.4 Å². The zero-order valence-electron chi connectivity index (χ0n) is 9.92. The highest BCUT2D eigenvalue weighted by atomic mass is 16.5. The fraction of sp³-hybridized carbons (Fsp3) is 0.308. The van der Waals surface area contributed by atoms with E-state index in [0.29, 0.717) is 11.3 Å². The van der Waals surface area contributed by atoms with Crippen LogP contribution < -0.4 is 4.90 Å². The minimum Gasteiger partial charge on any atom is -0.352 e. The lowest BCUT2D eigenvalue weighted by atomic mass is 10.1. The van der Waals surface area contributed by atoms with Crippen LogP contribution in [0.15, 0.2) is 24.3 Å². The van der Waals surface area contributed by atoms with Crippen molar-refractivity contribution in [2.75, 3.05) is 18.1 Å². The number of carbonyl (C=O) groups excluding carboxylic acids is 2. The number of amides is 1. The number of rotatable bonds is 2. The van der Waals surface area contributed by atoms with Gasteiger partial charge in [0.1, 0.15) is 6.61 Å². The molecule has 0 aromatic heterocycles. The van der Waals surface area contributed by atoms with Gasteiger partial charge in [0.25, 0.3) is 5.91 Å². The molecule has 1 fully saturated rings. The lowest BCUT2D eigenvalue weighted by molar-refractivity contribution is -0.127. The molecule has 1 aromatic rings. The van der Waals surface area contributed by atoms with Crippen LogP contribution in [0.2, 0.25) is 0 Å². The predicted molar refractivity (Wildman–Crippen MR) is 64.2 cm³/mol. The van der Waals surface area contributed by atoms with Crippen LogP contribution in [-0.2, 0) is 9.53 Å². The quantitative estimate of drug-likeness (QED) is 0.731. The van der Waals surface area contributed by atoms with Gasteiger partial charge in [0.15, 0.2) is 11.9 Å². The van der Waals surface area contributed by atoms with E-state index in [0.717, 1.165) is 0 Å². The molecule has 5 heteroatoms. The molecule has 1 aliphatic heterocycles. The minimum absolute atomic E-state index is 0.0607. The molecule has 2 rings (SSSR count). The van der Waals surface area contributed by atoms with Gasteiger partial charge in [-0.25, -0.2) is 0 Å². The van der Waals surface area contributed by atoms with Crippen LogP contribution in [0.4, 0.5) is 5.69 Å². The van der Waals surface area contributed by atoms with Crippen LogP contribution in [0.25, 0.3) is 0 Å². The molecule has 92 valence electrons. The second kappa shape index (κ2) is 4.98. The van der Waals surface area contributed by atoms with Crippen LogP contribution in [0.5, 0.6) is 0 Å². The van der Waals surface area contributed by atoms with Gasteiger partial charge in [0, 0.05) is 11.3 Å². The highest BCUT2D eigenvalue weighted by molar-refractivity contribution is 5.98. The standard InChI is InChI=1S/C13H12N2O3/c1-9(16)10-3-2-4-11(5-10)15-7-12(6-14)18-8-13(15)17/h2-5,12H,7-8H2,1H3. The number of benzene rings is 1. The summed E-state index contributed by atoms with van der Waals surface area (Å²) in [6.07, 6.45) is -0.622. The van der Waals surface area contributed by atoms with Gasteiger partial charge in [-0.2, -0.15) is 5.26 Å². The molecule has 1 heterocycles. The average Bonchev–Trinajstić information content (AvgIpc) is 2.39. The van der Waals surface area contributed by atoms with Gasteiger partial charge in [-0.15, -0.1) is 0 Å². The Labute approximate surface area is 105 Å². The number of hydrogen-bond donors (Lipinski definition) is 0. The molecule has 5 nitrogen and oxygen atoms in total. The van der Waals surface area contributed by atoms with E-state index in [-0.39, 0.29) is 24.8 Å². The summed E-state index contributed by atoms with van der Waals surface area (Å²) in [5, 5.41) is 8.82. The van der Waals surface area contributed by atoms with Crippen LogP contribution in [0, 0.1) is 11.3 Å². The predicted octanol–water partition coefficient (Wildman–Crippen LogP) is 1.14. The maximum absolute atomic E-state index is 11.7. The summed E-state index contributed by atoms with van der Waals surface area (Å²) in [7, 11) is 0. The summed E-state index contributed by atoms with van der Waals surface area (Å²) in [6.45, 7) is 1.55. The van der Waals surface area contributed by atoms with Crippen molar-refractivity contribution in [2.24, 2.45) is 0 Å². The molecular formula is C13H12N2O3. The van der Waals surface area contributed by atoms with E-state index in [4.69, 9.17) is 10.00 Å². The van der Waals surface area contributed by atoms with E-state index >= 15 is 0 Å². The Hall–Kier alpha value is -2.19. The molecule has 0 bridgehead atoms. The number of anilines is 1. The third-order valence-corrected chi connectivity index (χ3v) is 2.77. The van der Waals surface area contributed by atoms with E-state index in [9.17, 15) is 9.59 Å².